The largest absolute Gasteiger partial charge is 0.481 e. The molecule has 0 bridgehead atoms. The second kappa shape index (κ2) is 5.24. The van der Waals surface area contributed by atoms with Crippen LogP contribution in [0.4, 0.5) is 5.00 Å². The highest BCUT2D eigenvalue weighted by Crippen LogP contribution is 2.27. The first-order chi connectivity index (χ1) is 9.36. The lowest BCUT2D eigenvalue weighted by molar-refractivity contribution is 0.397. The molecule has 0 unspecified atom stereocenters. The lowest BCUT2D eigenvalue weighted by Crippen LogP contribution is -1.99. The summed E-state index contributed by atoms with van der Waals surface area (Å²) in [5, 5.41) is 5.65. The monoisotopic (exact) mass is 271 g/mol. The van der Waals surface area contributed by atoms with Gasteiger partial charge in [0.2, 0.25) is 5.88 Å². The molecular weight excluding hydrogens is 258 g/mol. The first-order valence-electron chi connectivity index (χ1n) is 5.94. The van der Waals surface area contributed by atoms with E-state index in [0.717, 1.165) is 28.0 Å². The van der Waals surface area contributed by atoms with Crippen molar-refractivity contribution >= 4 is 27.4 Å². The summed E-state index contributed by atoms with van der Waals surface area (Å²) in [4.78, 5) is 4.18. The molecular formula is C14H13N3OS. The van der Waals surface area contributed by atoms with E-state index in [4.69, 9.17) is 4.74 Å². The third-order valence-electron chi connectivity index (χ3n) is 2.84. The van der Waals surface area contributed by atoms with Gasteiger partial charge in [0.15, 0.2) is 0 Å². The van der Waals surface area contributed by atoms with Crippen molar-refractivity contribution in [2.45, 2.75) is 6.54 Å². The number of anilines is 1. The van der Waals surface area contributed by atoms with E-state index in [9.17, 15) is 0 Å². The number of fused-ring (bicyclic) bond motifs is 1. The van der Waals surface area contributed by atoms with Crippen LogP contribution in [-0.4, -0.2) is 16.5 Å². The Balaban J connectivity index is 1.74. The van der Waals surface area contributed by atoms with Crippen LogP contribution < -0.4 is 10.1 Å². The lowest BCUT2D eigenvalue weighted by atomic mass is 10.2. The van der Waals surface area contributed by atoms with Gasteiger partial charge in [-0.25, -0.2) is 4.98 Å². The summed E-state index contributed by atoms with van der Waals surface area (Å²) in [5.74, 6) is 0.631. The van der Waals surface area contributed by atoms with Gasteiger partial charge in [-0.1, -0.05) is 18.2 Å². The van der Waals surface area contributed by atoms with Crippen molar-refractivity contribution in [2.75, 3.05) is 12.4 Å². The molecule has 0 radical (unpaired) electrons. The summed E-state index contributed by atoms with van der Waals surface area (Å²) in [6, 6.07) is 12.0. The van der Waals surface area contributed by atoms with Crippen molar-refractivity contribution < 1.29 is 4.74 Å². The maximum atomic E-state index is 5.04. The Labute approximate surface area is 115 Å². The third kappa shape index (κ3) is 2.51. The van der Waals surface area contributed by atoms with Crippen molar-refractivity contribution in [1.82, 2.24) is 9.36 Å². The highest BCUT2D eigenvalue weighted by atomic mass is 32.1. The van der Waals surface area contributed by atoms with Gasteiger partial charge in [0, 0.05) is 24.2 Å². The molecule has 1 aromatic carbocycles. The fraction of sp³-hybridized carbons (Fsp3) is 0.143. The number of nitrogens with one attached hydrogen (secondary N) is 1. The molecule has 0 atom stereocenters. The molecule has 0 saturated heterocycles. The van der Waals surface area contributed by atoms with E-state index in [0.29, 0.717) is 5.88 Å². The molecule has 1 N–H and O–H groups in total. The zero-order valence-corrected chi connectivity index (χ0v) is 11.3. The van der Waals surface area contributed by atoms with Crippen molar-refractivity contribution in [3.05, 3.63) is 48.2 Å². The number of methoxy groups -OCH3 is 1. The van der Waals surface area contributed by atoms with Gasteiger partial charge in [-0.05, 0) is 29.2 Å². The number of ether oxygens (including phenoxy) is 1. The standard InChI is InChI=1S/C14H13N3OS/c1-18-13-7-6-10(8-15-13)9-16-14-11-4-2-3-5-12(11)17-19-14/h2-8,16H,9H2,1H3. The molecule has 19 heavy (non-hydrogen) atoms. The highest BCUT2D eigenvalue weighted by Gasteiger charge is 2.04. The normalized spacial score (nSPS) is 10.6. The fourth-order valence-corrected chi connectivity index (χ4v) is 2.59. The lowest BCUT2D eigenvalue weighted by Gasteiger charge is -2.04. The SMILES string of the molecule is COc1ccc(CNc2snc3ccccc23)cn1. The van der Waals surface area contributed by atoms with Gasteiger partial charge in [0.1, 0.15) is 5.00 Å². The second-order valence-corrected chi connectivity index (χ2v) is 4.86. The van der Waals surface area contributed by atoms with Gasteiger partial charge >= 0.3 is 0 Å². The van der Waals surface area contributed by atoms with Gasteiger partial charge in [0.25, 0.3) is 0 Å². The van der Waals surface area contributed by atoms with Crippen molar-refractivity contribution in [3.63, 3.8) is 0 Å². The number of hydrogen-bond acceptors (Lipinski definition) is 5. The highest BCUT2D eigenvalue weighted by molar-refractivity contribution is 7.11. The van der Waals surface area contributed by atoms with Crippen molar-refractivity contribution in [2.24, 2.45) is 0 Å². The zero-order chi connectivity index (χ0) is 13.1. The molecule has 0 saturated carbocycles. The predicted octanol–water partition coefficient (Wildman–Crippen LogP) is 3.31. The van der Waals surface area contributed by atoms with Gasteiger partial charge in [-0.3, -0.25) is 0 Å². The Hall–Kier alpha value is -2.14. The molecule has 4 nitrogen and oxygen atoms in total. The Morgan fingerprint density at radius 3 is 2.89 bits per heavy atom. The minimum Gasteiger partial charge on any atom is -0.481 e. The van der Waals surface area contributed by atoms with E-state index < -0.39 is 0 Å². The number of aromatic nitrogens is 2. The van der Waals surface area contributed by atoms with Crippen molar-refractivity contribution in [3.8, 4) is 5.88 Å². The molecule has 3 rings (SSSR count). The summed E-state index contributed by atoms with van der Waals surface area (Å²) in [5.41, 5.74) is 2.14. The number of nitrogens with zero attached hydrogens (tertiary/aromatic N) is 2. The average Bonchev–Trinajstić information content (AvgIpc) is 2.89. The summed E-state index contributed by atoms with van der Waals surface area (Å²) < 4.78 is 9.44. The Morgan fingerprint density at radius 1 is 1.21 bits per heavy atom. The van der Waals surface area contributed by atoms with Crippen LogP contribution in [0.3, 0.4) is 0 Å². The van der Waals surface area contributed by atoms with E-state index in [1.807, 2.05) is 36.5 Å². The molecule has 2 aromatic heterocycles. The number of pyridine rings is 1. The summed E-state index contributed by atoms with van der Waals surface area (Å²) in [6.45, 7) is 0.725. The van der Waals surface area contributed by atoms with Gasteiger partial charge in [-0.2, -0.15) is 4.37 Å². The van der Waals surface area contributed by atoms with Gasteiger partial charge in [0.05, 0.1) is 12.6 Å². The van der Waals surface area contributed by atoms with Crippen LogP contribution in [-0.2, 0) is 6.54 Å². The minimum atomic E-state index is 0.631. The van der Waals surface area contributed by atoms with Crippen LogP contribution in [0.5, 0.6) is 5.88 Å². The molecule has 0 fully saturated rings. The maximum Gasteiger partial charge on any atom is 0.212 e. The van der Waals surface area contributed by atoms with Crippen LogP contribution in [0.15, 0.2) is 42.6 Å². The first-order valence-corrected chi connectivity index (χ1v) is 6.71. The number of hydrogen-bond donors (Lipinski definition) is 1. The quantitative estimate of drug-likeness (QED) is 0.790. The molecule has 96 valence electrons. The van der Waals surface area contributed by atoms with E-state index in [1.165, 1.54) is 11.5 Å². The van der Waals surface area contributed by atoms with Crippen LogP contribution >= 0.6 is 11.5 Å². The number of rotatable bonds is 4. The topological polar surface area (TPSA) is 47.0 Å². The average molecular weight is 271 g/mol. The summed E-state index contributed by atoms with van der Waals surface area (Å²) in [6.07, 6.45) is 1.81. The Morgan fingerprint density at radius 2 is 2.11 bits per heavy atom. The number of benzene rings is 1. The Kier molecular flexibility index (Phi) is 3.29. The van der Waals surface area contributed by atoms with E-state index in [2.05, 4.69) is 20.7 Å². The van der Waals surface area contributed by atoms with Gasteiger partial charge in [-0.15, -0.1) is 0 Å². The molecule has 0 spiro atoms. The molecule has 0 amide bonds. The second-order valence-electron chi connectivity index (χ2n) is 4.09. The molecule has 0 aliphatic carbocycles. The van der Waals surface area contributed by atoms with E-state index in [1.54, 1.807) is 7.11 Å². The maximum absolute atomic E-state index is 5.04. The molecule has 0 aliphatic rings. The Bertz CT molecular complexity index is 678. The third-order valence-corrected chi connectivity index (χ3v) is 3.68. The van der Waals surface area contributed by atoms with Crippen LogP contribution in [0.2, 0.25) is 0 Å². The molecule has 2 heterocycles. The van der Waals surface area contributed by atoms with E-state index in [-0.39, 0.29) is 0 Å². The van der Waals surface area contributed by atoms with Crippen LogP contribution in [0, 0.1) is 0 Å². The zero-order valence-electron chi connectivity index (χ0n) is 10.5. The first kappa shape index (κ1) is 11.9. The minimum absolute atomic E-state index is 0.631. The molecule has 5 heteroatoms. The van der Waals surface area contributed by atoms with Crippen LogP contribution in [0.25, 0.3) is 10.9 Å². The summed E-state index contributed by atoms with van der Waals surface area (Å²) in [7, 11) is 1.61. The van der Waals surface area contributed by atoms with Crippen molar-refractivity contribution in [1.29, 1.82) is 0 Å². The van der Waals surface area contributed by atoms with Crippen LogP contribution in [0.1, 0.15) is 5.56 Å². The fourth-order valence-electron chi connectivity index (χ4n) is 1.84. The molecule has 0 aliphatic heterocycles. The van der Waals surface area contributed by atoms with Gasteiger partial charge < -0.3 is 10.1 Å². The molecule has 3 aromatic rings. The smallest absolute Gasteiger partial charge is 0.212 e. The predicted molar refractivity (Wildman–Crippen MR) is 77.7 cm³/mol. The van der Waals surface area contributed by atoms with E-state index >= 15 is 0 Å². The summed E-state index contributed by atoms with van der Waals surface area (Å²) >= 11 is 1.48.